The lowest BCUT2D eigenvalue weighted by atomic mass is 9.85. The molecule has 2 rings (SSSR count). The lowest BCUT2D eigenvalue weighted by molar-refractivity contribution is 0.0525. The number of ether oxygens (including phenoxy) is 1. The van der Waals surface area contributed by atoms with Crippen molar-refractivity contribution in [2.24, 2.45) is 11.7 Å². The molecule has 6 nitrogen and oxygen atoms in total. The third kappa shape index (κ3) is 5.64. The highest BCUT2D eigenvalue weighted by Crippen LogP contribution is 2.25. The van der Waals surface area contributed by atoms with Gasteiger partial charge < -0.3 is 10.5 Å². The Morgan fingerprint density at radius 1 is 1.32 bits per heavy atom. The summed E-state index contributed by atoms with van der Waals surface area (Å²) in [6.45, 7) is 2.13. The summed E-state index contributed by atoms with van der Waals surface area (Å²) in [4.78, 5) is 11.5. The van der Waals surface area contributed by atoms with Gasteiger partial charge in [0.2, 0.25) is 10.0 Å². The molecule has 1 aromatic rings. The first-order chi connectivity index (χ1) is 11.4. The number of hydrogen-bond acceptors (Lipinski definition) is 5. The van der Waals surface area contributed by atoms with Gasteiger partial charge in [-0.1, -0.05) is 12.8 Å². The summed E-state index contributed by atoms with van der Waals surface area (Å²) in [6, 6.07) is 2.71. The van der Waals surface area contributed by atoms with Crippen LogP contribution in [0.2, 0.25) is 0 Å². The van der Waals surface area contributed by atoms with Crippen LogP contribution in [0.25, 0.3) is 0 Å². The maximum absolute atomic E-state index is 13.8. The summed E-state index contributed by atoms with van der Waals surface area (Å²) in [6.07, 6.45) is 3.50. The molecule has 1 aromatic carbocycles. The molecule has 0 amide bonds. The summed E-state index contributed by atoms with van der Waals surface area (Å²) >= 11 is 0. The van der Waals surface area contributed by atoms with Crippen LogP contribution in [-0.4, -0.2) is 33.6 Å². The van der Waals surface area contributed by atoms with Gasteiger partial charge in [-0.05, 0) is 50.4 Å². The van der Waals surface area contributed by atoms with E-state index in [2.05, 4.69) is 4.72 Å². The lowest BCUT2D eigenvalue weighted by Gasteiger charge is -2.31. The van der Waals surface area contributed by atoms with Crippen molar-refractivity contribution in [3.05, 3.63) is 29.6 Å². The Kier molecular flexibility index (Phi) is 8.27. The van der Waals surface area contributed by atoms with E-state index >= 15 is 0 Å². The van der Waals surface area contributed by atoms with Crippen LogP contribution in [0.4, 0.5) is 4.39 Å². The minimum absolute atomic E-state index is 0. The molecule has 0 spiro atoms. The second-order valence-electron chi connectivity index (χ2n) is 5.90. The van der Waals surface area contributed by atoms with E-state index in [0.29, 0.717) is 13.0 Å². The van der Waals surface area contributed by atoms with E-state index < -0.39 is 21.8 Å². The Morgan fingerprint density at radius 2 is 2.00 bits per heavy atom. The minimum Gasteiger partial charge on any atom is -0.462 e. The molecule has 0 aliphatic heterocycles. The van der Waals surface area contributed by atoms with Gasteiger partial charge in [-0.3, -0.25) is 0 Å². The van der Waals surface area contributed by atoms with Crippen molar-refractivity contribution in [2.45, 2.75) is 43.5 Å². The van der Waals surface area contributed by atoms with E-state index in [0.717, 1.165) is 37.5 Å². The molecule has 1 aliphatic rings. The molecule has 2 atom stereocenters. The van der Waals surface area contributed by atoms with Gasteiger partial charge in [-0.15, -0.1) is 12.4 Å². The predicted octanol–water partition coefficient (Wildman–Crippen LogP) is 2.22. The molecule has 0 bridgehead atoms. The summed E-state index contributed by atoms with van der Waals surface area (Å²) in [7, 11) is -3.95. The predicted molar refractivity (Wildman–Crippen MR) is 94.7 cm³/mol. The van der Waals surface area contributed by atoms with Crippen molar-refractivity contribution in [3.63, 3.8) is 0 Å². The SMILES string of the molecule is CCOC(=O)c1cc(F)cc(S(=O)(=O)NC2CCCCC2CN)c1.Cl. The first kappa shape index (κ1) is 21.8. The van der Waals surface area contributed by atoms with Gasteiger partial charge in [0.1, 0.15) is 5.82 Å². The molecule has 142 valence electrons. The second kappa shape index (κ2) is 9.47. The number of sulfonamides is 1. The number of halogens is 2. The minimum atomic E-state index is -3.95. The third-order valence-corrected chi connectivity index (χ3v) is 5.68. The van der Waals surface area contributed by atoms with E-state index in [1.165, 1.54) is 0 Å². The van der Waals surface area contributed by atoms with Crippen molar-refractivity contribution < 1.29 is 22.3 Å². The monoisotopic (exact) mass is 394 g/mol. The van der Waals surface area contributed by atoms with Gasteiger partial charge in [-0.2, -0.15) is 0 Å². The summed E-state index contributed by atoms with van der Waals surface area (Å²) in [5.74, 6) is -1.50. The number of nitrogens with one attached hydrogen (secondary N) is 1. The zero-order valence-corrected chi connectivity index (χ0v) is 15.7. The van der Waals surface area contributed by atoms with Gasteiger partial charge in [0, 0.05) is 6.04 Å². The van der Waals surface area contributed by atoms with Crippen LogP contribution in [0, 0.1) is 11.7 Å². The zero-order chi connectivity index (χ0) is 17.7. The molecule has 3 N–H and O–H groups in total. The quantitative estimate of drug-likeness (QED) is 0.721. The van der Waals surface area contributed by atoms with Gasteiger partial charge in [0.15, 0.2) is 0 Å². The average Bonchev–Trinajstić information content (AvgIpc) is 2.54. The van der Waals surface area contributed by atoms with Crippen LogP contribution in [0.15, 0.2) is 23.1 Å². The van der Waals surface area contributed by atoms with E-state index in [1.54, 1.807) is 6.92 Å². The Bertz CT molecular complexity index is 699. The molecular formula is C16H24ClFN2O4S. The van der Waals surface area contributed by atoms with Crippen LogP contribution in [0.1, 0.15) is 43.0 Å². The summed E-state index contributed by atoms with van der Waals surface area (Å²) in [5.41, 5.74) is 5.59. The fourth-order valence-corrected chi connectivity index (χ4v) is 4.36. The van der Waals surface area contributed by atoms with Crippen LogP contribution in [0.5, 0.6) is 0 Å². The van der Waals surface area contributed by atoms with Crippen molar-refractivity contribution in [1.82, 2.24) is 4.72 Å². The number of hydrogen-bond donors (Lipinski definition) is 2. The van der Waals surface area contributed by atoms with Crippen LogP contribution < -0.4 is 10.5 Å². The maximum Gasteiger partial charge on any atom is 0.338 e. The number of rotatable bonds is 6. The molecule has 1 aliphatic carbocycles. The largest absolute Gasteiger partial charge is 0.462 e. The maximum atomic E-state index is 13.8. The Morgan fingerprint density at radius 3 is 2.64 bits per heavy atom. The third-order valence-electron chi connectivity index (χ3n) is 4.21. The summed E-state index contributed by atoms with van der Waals surface area (Å²) < 4.78 is 46.3. The Hall–Kier alpha value is -1.22. The number of carbonyl (C=O) groups is 1. The van der Waals surface area contributed by atoms with E-state index in [1.807, 2.05) is 0 Å². The van der Waals surface area contributed by atoms with E-state index in [-0.39, 0.29) is 41.4 Å². The molecule has 9 heteroatoms. The highest BCUT2D eigenvalue weighted by atomic mass is 35.5. The molecular weight excluding hydrogens is 371 g/mol. The molecule has 25 heavy (non-hydrogen) atoms. The molecule has 0 radical (unpaired) electrons. The number of carbonyl (C=O) groups excluding carboxylic acids is 1. The zero-order valence-electron chi connectivity index (χ0n) is 14.0. The fraction of sp³-hybridized carbons (Fsp3) is 0.562. The van der Waals surface area contributed by atoms with E-state index in [9.17, 15) is 17.6 Å². The van der Waals surface area contributed by atoms with Crippen LogP contribution in [0.3, 0.4) is 0 Å². The topological polar surface area (TPSA) is 98.5 Å². The lowest BCUT2D eigenvalue weighted by Crippen LogP contribution is -2.44. The molecule has 0 saturated heterocycles. The number of nitrogens with two attached hydrogens (primary N) is 1. The van der Waals surface area contributed by atoms with Crippen LogP contribution >= 0.6 is 12.4 Å². The Labute approximate surface area is 153 Å². The van der Waals surface area contributed by atoms with Crippen molar-refractivity contribution in [1.29, 1.82) is 0 Å². The standard InChI is InChI=1S/C16H23FN2O4S.ClH/c1-2-23-16(20)12-7-13(17)9-14(8-12)24(21,22)19-15-6-4-3-5-11(15)10-18;/h7-9,11,15,19H,2-6,10,18H2,1H3;1H. The molecule has 1 saturated carbocycles. The van der Waals surface area contributed by atoms with Crippen molar-refractivity contribution in [3.8, 4) is 0 Å². The second-order valence-corrected chi connectivity index (χ2v) is 7.62. The highest BCUT2D eigenvalue weighted by molar-refractivity contribution is 7.89. The molecule has 0 heterocycles. The molecule has 1 fully saturated rings. The normalized spacial score (nSPS) is 20.6. The van der Waals surface area contributed by atoms with Crippen molar-refractivity contribution >= 4 is 28.4 Å². The van der Waals surface area contributed by atoms with Crippen molar-refractivity contribution in [2.75, 3.05) is 13.2 Å². The molecule has 0 aromatic heterocycles. The first-order valence-electron chi connectivity index (χ1n) is 8.07. The van der Waals surface area contributed by atoms with Gasteiger partial charge >= 0.3 is 5.97 Å². The average molecular weight is 395 g/mol. The van der Waals surface area contributed by atoms with E-state index in [4.69, 9.17) is 10.5 Å². The number of esters is 1. The van der Waals surface area contributed by atoms with Crippen LogP contribution in [-0.2, 0) is 14.8 Å². The molecule has 2 unspecified atom stereocenters. The Balaban J connectivity index is 0.00000312. The van der Waals surface area contributed by atoms with Gasteiger partial charge in [0.25, 0.3) is 0 Å². The fourth-order valence-electron chi connectivity index (χ4n) is 2.96. The summed E-state index contributed by atoms with van der Waals surface area (Å²) in [5, 5.41) is 0. The van der Waals surface area contributed by atoms with Gasteiger partial charge in [0.05, 0.1) is 17.1 Å². The highest BCUT2D eigenvalue weighted by Gasteiger charge is 2.29. The number of benzene rings is 1. The van der Waals surface area contributed by atoms with Gasteiger partial charge in [-0.25, -0.2) is 22.3 Å². The first-order valence-corrected chi connectivity index (χ1v) is 9.55. The smallest absolute Gasteiger partial charge is 0.338 e.